The molecule has 0 N–H and O–H groups in total. The minimum Gasteiger partial charge on any atom is -0.461 e. The Labute approximate surface area is 138 Å². The topological polar surface area (TPSA) is 65.5 Å². The van der Waals surface area contributed by atoms with E-state index in [1.165, 1.54) is 24.7 Å². The second-order valence-electron chi connectivity index (χ2n) is 6.18. The van der Waals surface area contributed by atoms with Crippen molar-refractivity contribution < 1.29 is 9.15 Å². The third-order valence-electron chi connectivity index (χ3n) is 4.50. The fourth-order valence-corrected chi connectivity index (χ4v) is 3.40. The summed E-state index contributed by atoms with van der Waals surface area (Å²) in [7, 11) is 0. The Bertz CT molecular complexity index is 1060. The van der Waals surface area contributed by atoms with Gasteiger partial charge in [-0.1, -0.05) is 0 Å². The van der Waals surface area contributed by atoms with Gasteiger partial charge in [-0.3, -0.25) is 0 Å². The highest BCUT2D eigenvalue weighted by molar-refractivity contribution is 5.84. The van der Waals surface area contributed by atoms with Crippen LogP contribution in [-0.2, 0) is 12.8 Å². The van der Waals surface area contributed by atoms with Gasteiger partial charge in [-0.15, -0.1) is 0 Å². The van der Waals surface area contributed by atoms with Gasteiger partial charge >= 0.3 is 0 Å². The lowest BCUT2D eigenvalue weighted by molar-refractivity contribution is 0.445. The zero-order chi connectivity index (χ0) is 16.1. The molecule has 1 aliphatic carbocycles. The summed E-state index contributed by atoms with van der Waals surface area (Å²) in [5.41, 5.74) is 3.11. The Morgan fingerprint density at radius 3 is 3.04 bits per heavy atom. The van der Waals surface area contributed by atoms with Gasteiger partial charge in [0.2, 0.25) is 5.88 Å². The van der Waals surface area contributed by atoms with E-state index in [0.717, 1.165) is 41.0 Å². The van der Waals surface area contributed by atoms with Crippen LogP contribution in [0, 0.1) is 6.92 Å². The first kappa shape index (κ1) is 13.5. The van der Waals surface area contributed by atoms with E-state index in [1.807, 2.05) is 25.1 Å². The molecule has 6 heteroatoms. The lowest BCUT2D eigenvalue weighted by atomic mass is 9.96. The monoisotopic (exact) mass is 320 g/mol. The predicted molar refractivity (Wildman–Crippen MR) is 88.4 cm³/mol. The molecule has 0 spiro atoms. The van der Waals surface area contributed by atoms with Gasteiger partial charge < -0.3 is 9.15 Å². The maximum atomic E-state index is 6.08. The van der Waals surface area contributed by atoms with Crippen molar-refractivity contribution in [3.63, 3.8) is 0 Å². The molecule has 1 aromatic carbocycles. The molecule has 0 amide bonds. The van der Waals surface area contributed by atoms with Crippen LogP contribution in [0.5, 0.6) is 11.6 Å². The van der Waals surface area contributed by atoms with Crippen LogP contribution in [0.2, 0.25) is 0 Å². The van der Waals surface area contributed by atoms with Gasteiger partial charge in [0.15, 0.2) is 0 Å². The minimum atomic E-state index is 0.534. The van der Waals surface area contributed by atoms with Gasteiger partial charge in [0.1, 0.15) is 23.4 Å². The second kappa shape index (κ2) is 5.06. The second-order valence-corrected chi connectivity index (χ2v) is 6.18. The van der Waals surface area contributed by atoms with Crippen LogP contribution in [0.15, 0.2) is 35.0 Å². The highest BCUT2D eigenvalue weighted by Gasteiger charge is 2.18. The molecule has 120 valence electrons. The largest absolute Gasteiger partial charge is 0.461 e. The molecule has 0 bridgehead atoms. The summed E-state index contributed by atoms with van der Waals surface area (Å²) in [6.45, 7) is 1.91. The molecule has 4 aromatic rings. The van der Waals surface area contributed by atoms with E-state index in [9.17, 15) is 0 Å². The standard InChI is InChI=1S/C18H16N4O2/c1-11-8-17(22-18(21-11)19-10-20-22)23-12-6-7-16-14(9-12)13-4-2-3-5-15(13)24-16/h6-10H,2-5H2,1H3. The maximum Gasteiger partial charge on any atom is 0.255 e. The van der Waals surface area contributed by atoms with Crippen LogP contribution in [0.25, 0.3) is 16.7 Å². The van der Waals surface area contributed by atoms with E-state index in [4.69, 9.17) is 9.15 Å². The minimum absolute atomic E-state index is 0.534. The van der Waals surface area contributed by atoms with E-state index in [-0.39, 0.29) is 0 Å². The van der Waals surface area contributed by atoms with Crippen molar-refractivity contribution in [1.29, 1.82) is 0 Å². The summed E-state index contributed by atoms with van der Waals surface area (Å²) in [5, 5.41) is 5.33. The van der Waals surface area contributed by atoms with E-state index in [1.54, 1.807) is 4.52 Å². The Morgan fingerprint density at radius 1 is 1.17 bits per heavy atom. The summed E-state index contributed by atoms with van der Waals surface area (Å²) < 4.78 is 13.7. The molecular formula is C18H16N4O2. The predicted octanol–water partition coefficient (Wildman–Crippen LogP) is 3.85. The Hall–Kier alpha value is -2.89. The maximum absolute atomic E-state index is 6.08. The molecule has 0 unspecified atom stereocenters. The quantitative estimate of drug-likeness (QED) is 0.561. The average Bonchev–Trinajstić information content (AvgIpc) is 3.19. The van der Waals surface area contributed by atoms with Crippen LogP contribution >= 0.6 is 0 Å². The van der Waals surface area contributed by atoms with Crippen molar-refractivity contribution in [3.05, 3.63) is 47.6 Å². The van der Waals surface area contributed by atoms with Crippen molar-refractivity contribution in [2.75, 3.05) is 0 Å². The fourth-order valence-electron chi connectivity index (χ4n) is 3.40. The highest BCUT2D eigenvalue weighted by atomic mass is 16.5. The number of aromatic nitrogens is 4. The van der Waals surface area contributed by atoms with Gasteiger partial charge in [0.05, 0.1) is 0 Å². The van der Waals surface area contributed by atoms with Crippen molar-refractivity contribution >= 4 is 16.7 Å². The number of fused-ring (bicyclic) bond motifs is 4. The molecule has 6 nitrogen and oxygen atoms in total. The zero-order valence-corrected chi connectivity index (χ0v) is 13.3. The van der Waals surface area contributed by atoms with Crippen molar-refractivity contribution in [2.45, 2.75) is 32.6 Å². The molecule has 3 aromatic heterocycles. The SMILES string of the molecule is Cc1cc(Oc2ccc3oc4c(c3c2)CCCC4)n2ncnc2n1. The number of rotatable bonds is 2. The smallest absolute Gasteiger partial charge is 0.255 e. The molecule has 0 saturated carbocycles. The summed E-state index contributed by atoms with van der Waals surface area (Å²) in [6, 6.07) is 7.82. The summed E-state index contributed by atoms with van der Waals surface area (Å²) >= 11 is 0. The van der Waals surface area contributed by atoms with Gasteiger partial charge in [0.25, 0.3) is 5.78 Å². The average molecular weight is 320 g/mol. The van der Waals surface area contributed by atoms with E-state index < -0.39 is 0 Å². The van der Waals surface area contributed by atoms with E-state index in [0.29, 0.717) is 11.7 Å². The molecule has 24 heavy (non-hydrogen) atoms. The third kappa shape index (κ3) is 2.06. The molecule has 0 saturated heterocycles. The highest BCUT2D eigenvalue weighted by Crippen LogP contribution is 2.35. The van der Waals surface area contributed by atoms with Crippen molar-refractivity contribution in [3.8, 4) is 11.6 Å². The first-order valence-corrected chi connectivity index (χ1v) is 8.17. The number of hydrogen-bond donors (Lipinski definition) is 0. The number of ether oxygens (including phenoxy) is 1. The molecule has 0 aliphatic heterocycles. The van der Waals surface area contributed by atoms with Crippen LogP contribution in [0.1, 0.15) is 29.9 Å². The molecule has 0 fully saturated rings. The normalized spacial score (nSPS) is 14.2. The Kier molecular flexibility index (Phi) is 2.85. The van der Waals surface area contributed by atoms with Gasteiger partial charge in [-0.25, -0.2) is 4.98 Å². The lowest BCUT2D eigenvalue weighted by Crippen LogP contribution is -2.00. The van der Waals surface area contributed by atoms with Gasteiger partial charge in [0, 0.05) is 29.1 Å². The van der Waals surface area contributed by atoms with E-state index >= 15 is 0 Å². The molecule has 0 atom stereocenters. The van der Waals surface area contributed by atoms with Crippen LogP contribution in [-0.4, -0.2) is 19.6 Å². The van der Waals surface area contributed by atoms with Crippen molar-refractivity contribution in [2.24, 2.45) is 0 Å². The van der Waals surface area contributed by atoms with Crippen LogP contribution < -0.4 is 4.74 Å². The van der Waals surface area contributed by atoms with E-state index in [2.05, 4.69) is 21.1 Å². The summed E-state index contributed by atoms with van der Waals surface area (Å²) in [5.74, 6) is 3.03. The fraction of sp³-hybridized carbons (Fsp3) is 0.278. The van der Waals surface area contributed by atoms with Gasteiger partial charge in [-0.05, 0) is 44.4 Å². The Morgan fingerprint density at radius 2 is 2.08 bits per heavy atom. The molecule has 1 aliphatic rings. The zero-order valence-electron chi connectivity index (χ0n) is 13.3. The molecule has 3 heterocycles. The number of aryl methyl sites for hydroxylation is 3. The van der Waals surface area contributed by atoms with Crippen LogP contribution in [0.4, 0.5) is 0 Å². The summed E-state index contributed by atoms with van der Waals surface area (Å²) in [6.07, 6.45) is 6.01. The third-order valence-corrected chi connectivity index (χ3v) is 4.50. The van der Waals surface area contributed by atoms with Gasteiger partial charge in [-0.2, -0.15) is 14.6 Å². The molecule has 0 radical (unpaired) electrons. The first-order valence-electron chi connectivity index (χ1n) is 8.17. The lowest BCUT2D eigenvalue weighted by Gasteiger charge is -2.09. The number of benzene rings is 1. The van der Waals surface area contributed by atoms with Crippen LogP contribution in [0.3, 0.4) is 0 Å². The molecule has 5 rings (SSSR count). The number of furan rings is 1. The summed E-state index contributed by atoms with van der Waals surface area (Å²) in [4.78, 5) is 8.46. The number of hydrogen-bond acceptors (Lipinski definition) is 5. The Balaban J connectivity index is 1.60. The first-order chi connectivity index (χ1) is 11.8. The van der Waals surface area contributed by atoms with Crippen molar-refractivity contribution in [1.82, 2.24) is 19.6 Å². The molecular weight excluding hydrogens is 304 g/mol. The number of nitrogens with zero attached hydrogens (tertiary/aromatic N) is 4.